The number of aryl methyl sites for hydroxylation is 2. The molecule has 0 saturated heterocycles. The lowest BCUT2D eigenvalue weighted by molar-refractivity contribution is 0.396. The molecule has 4 aromatic rings. The van der Waals surface area contributed by atoms with Gasteiger partial charge in [0, 0.05) is 23.7 Å². The zero-order valence-electron chi connectivity index (χ0n) is 18.1. The minimum absolute atomic E-state index is 0.539. The fourth-order valence-electron chi connectivity index (χ4n) is 4.54. The fraction of sp³-hybridized carbons (Fsp3) is 0.304. The number of ether oxygens (including phenoxy) is 1. The molecule has 9 heteroatoms. The Morgan fingerprint density at radius 2 is 2.03 bits per heavy atom. The van der Waals surface area contributed by atoms with Gasteiger partial charge < -0.3 is 9.30 Å². The van der Waals surface area contributed by atoms with Crippen LogP contribution in [0.1, 0.15) is 23.4 Å². The first kappa shape index (κ1) is 19.2. The van der Waals surface area contributed by atoms with Crippen LogP contribution in [-0.4, -0.2) is 43.0 Å². The van der Waals surface area contributed by atoms with E-state index in [1.807, 2.05) is 29.8 Å². The second-order valence-electron chi connectivity index (χ2n) is 8.26. The molecule has 0 saturated carbocycles. The summed E-state index contributed by atoms with van der Waals surface area (Å²) in [6.07, 6.45) is 7.03. The van der Waals surface area contributed by atoms with E-state index in [0.717, 1.165) is 59.4 Å². The highest BCUT2D eigenvalue weighted by Crippen LogP contribution is 2.40. The summed E-state index contributed by atoms with van der Waals surface area (Å²) in [5, 5.41) is 7.83. The summed E-state index contributed by atoms with van der Waals surface area (Å²) in [5.74, 6) is 1.72. The van der Waals surface area contributed by atoms with E-state index in [9.17, 15) is 0 Å². The van der Waals surface area contributed by atoms with Gasteiger partial charge in [-0.3, -0.25) is 4.90 Å². The number of nitrogens with zero attached hydrogens (tertiary/aromatic N) is 7. The third-order valence-electron chi connectivity index (χ3n) is 5.96. The van der Waals surface area contributed by atoms with E-state index in [2.05, 4.69) is 26.5 Å². The summed E-state index contributed by atoms with van der Waals surface area (Å²) < 4.78 is 9.59. The van der Waals surface area contributed by atoms with E-state index in [1.165, 1.54) is 23.5 Å². The maximum Gasteiger partial charge on any atom is 0.238 e. The van der Waals surface area contributed by atoms with E-state index >= 15 is 0 Å². The quantitative estimate of drug-likeness (QED) is 0.440. The Hall–Kier alpha value is -3.46. The Kier molecular flexibility index (Phi) is 4.39. The van der Waals surface area contributed by atoms with Crippen LogP contribution in [0.25, 0.3) is 17.1 Å². The van der Waals surface area contributed by atoms with Crippen molar-refractivity contribution in [3.63, 3.8) is 0 Å². The summed E-state index contributed by atoms with van der Waals surface area (Å²) in [6, 6.07) is 3.97. The smallest absolute Gasteiger partial charge is 0.238 e. The lowest BCUT2D eigenvalue weighted by Crippen LogP contribution is -2.30. The minimum atomic E-state index is 0.539. The summed E-state index contributed by atoms with van der Waals surface area (Å²) in [5.41, 5.74) is 7.13. The van der Waals surface area contributed by atoms with Crippen molar-refractivity contribution < 1.29 is 4.74 Å². The number of hydrogen-bond donors (Lipinski definition) is 0. The van der Waals surface area contributed by atoms with Crippen LogP contribution in [0, 0.1) is 6.92 Å². The summed E-state index contributed by atoms with van der Waals surface area (Å²) in [4.78, 5) is 16.2. The SMILES string of the molecule is C=C1CN(c2nc(-c3ccc(-n4cnc(C)c4)c(OC)n3)cs2)c2c3c(nn2C1)CCC3. The van der Waals surface area contributed by atoms with Gasteiger partial charge in [0.05, 0.1) is 37.1 Å². The summed E-state index contributed by atoms with van der Waals surface area (Å²) in [6.45, 7) is 7.74. The number of rotatable bonds is 4. The molecule has 162 valence electrons. The van der Waals surface area contributed by atoms with Crippen molar-refractivity contribution in [3.8, 4) is 23.0 Å². The van der Waals surface area contributed by atoms with Crippen LogP contribution in [0.3, 0.4) is 0 Å². The molecule has 8 nitrogen and oxygen atoms in total. The van der Waals surface area contributed by atoms with Crippen molar-refractivity contribution >= 4 is 22.3 Å². The minimum Gasteiger partial charge on any atom is -0.479 e. The maximum absolute atomic E-state index is 5.58. The zero-order valence-corrected chi connectivity index (χ0v) is 18.9. The van der Waals surface area contributed by atoms with Gasteiger partial charge in [-0.1, -0.05) is 6.58 Å². The molecular weight excluding hydrogens is 422 g/mol. The molecular formula is C23H23N7OS. The predicted octanol–water partition coefficient (Wildman–Crippen LogP) is 4.10. The van der Waals surface area contributed by atoms with E-state index in [1.54, 1.807) is 24.8 Å². The molecule has 0 spiro atoms. The Morgan fingerprint density at radius 3 is 2.84 bits per heavy atom. The van der Waals surface area contributed by atoms with Crippen molar-refractivity contribution in [1.82, 2.24) is 29.3 Å². The lowest BCUT2D eigenvalue weighted by atomic mass is 10.2. The van der Waals surface area contributed by atoms with E-state index < -0.39 is 0 Å². The molecule has 2 aliphatic rings. The van der Waals surface area contributed by atoms with Crippen LogP contribution in [0.15, 0.2) is 42.2 Å². The second-order valence-corrected chi connectivity index (χ2v) is 9.10. The highest BCUT2D eigenvalue weighted by molar-refractivity contribution is 7.14. The van der Waals surface area contributed by atoms with Crippen LogP contribution < -0.4 is 9.64 Å². The lowest BCUT2D eigenvalue weighted by Gasteiger charge is -2.29. The number of anilines is 2. The molecule has 0 aromatic carbocycles. The maximum atomic E-state index is 5.58. The zero-order chi connectivity index (χ0) is 21.8. The molecule has 0 amide bonds. The van der Waals surface area contributed by atoms with Gasteiger partial charge in [-0.15, -0.1) is 11.3 Å². The van der Waals surface area contributed by atoms with Crippen molar-refractivity contribution in [2.75, 3.05) is 18.6 Å². The van der Waals surface area contributed by atoms with Crippen LogP contribution in [0.4, 0.5) is 10.9 Å². The highest BCUT2D eigenvalue weighted by atomic mass is 32.1. The van der Waals surface area contributed by atoms with Crippen LogP contribution in [0.5, 0.6) is 5.88 Å². The van der Waals surface area contributed by atoms with Gasteiger partial charge in [-0.05, 0) is 43.9 Å². The third kappa shape index (κ3) is 3.03. The Balaban J connectivity index is 1.36. The van der Waals surface area contributed by atoms with Crippen LogP contribution >= 0.6 is 11.3 Å². The first-order valence-electron chi connectivity index (χ1n) is 10.7. The Labute approximate surface area is 189 Å². The summed E-state index contributed by atoms with van der Waals surface area (Å²) >= 11 is 1.62. The molecule has 6 rings (SSSR count). The Morgan fingerprint density at radius 1 is 1.12 bits per heavy atom. The van der Waals surface area contributed by atoms with Crippen molar-refractivity contribution in [1.29, 1.82) is 0 Å². The predicted molar refractivity (Wildman–Crippen MR) is 124 cm³/mol. The van der Waals surface area contributed by atoms with Crippen LogP contribution in [-0.2, 0) is 19.4 Å². The number of fused-ring (bicyclic) bond motifs is 3. The first-order chi connectivity index (χ1) is 15.6. The molecule has 4 aromatic heterocycles. The van der Waals surface area contributed by atoms with Gasteiger partial charge in [0.25, 0.3) is 0 Å². The average Bonchev–Trinajstić information content (AvgIpc) is 3.56. The van der Waals surface area contributed by atoms with Crippen molar-refractivity contribution in [2.45, 2.75) is 32.7 Å². The van der Waals surface area contributed by atoms with E-state index in [0.29, 0.717) is 5.88 Å². The highest BCUT2D eigenvalue weighted by Gasteiger charge is 2.31. The molecule has 0 bridgehead atoms. The van der Waals surface area contributed by atoms with Crippen LogP contribution in [0.2, 0.25) is 0 Å². The fourth-order valence-corrected chi connectivity index (χ4v) is 5.36. The number of hydrogen-bond acceptors (Lipinski definition) is 7. The van der Waals surface area contributed by atoms with E-state index in [-0.39, 0.29) is 0 Å². The largest absolute Gasteiger partial charge is 0.479 e. The number of imidazole rings is 1. The Bertz CT molecular complexity index is 1350. The monoisotopic (exact) mass is 445 g/mol. The standard InChI is InChI=1S/C23H23N7OS/c1-14-9-29(22-16-5-4-6-17(16)27-30(22)10-14)23-26-19(12-32-23)18-7-8-20(21(25-18)31-3)28-11-15(2)24-13-28/h7-8,11-13H,1,4-6,9-10H2,2-3H3. The third-order valence-corrected chi connectivity index (χ3v) is 6.83. The summed E-state index contributed by atoms with van der Waals surface area (Å²) in [7, 11) is 1.63. The van der Waals surface area contributed by atoms with Crippen molar-refractivity contribution in [3.05, 3.63) is 59.1 Å². The molecule has 0 radical (unpaired) electrons. The van der Waals surface area contributed by atoms with Crippen molar-refractivity contribution in [2.24, 2.45) is 0 Å². The molecule has 1 aliphatic carbocycles. The van der Waals surface area contributed by atoms with Gasteiger partial charge >= 0.3 is 0 Å². The molecule has 32 heavy (non-hydrogen) atoms. The normalized spacial score (nSPS) is 15.2. The molecule has 0 fully saturated rings. The second kappa shape index (κ2) is 7.30. The first-order valence-corrected chi connectivity index (χ1v) is 11.5. The van der Waals surface area contributed by atoms with Gasteiger partial charge in [-0.2, -0.15) is 5.10 Å². The van der Waals surface area contributed by atoms with Gasteiger partial charge in [0.2, 0.25) is 5.88 Å². The number of aromatic nitrogens is 6. The van der Waals surface area contributed by atoms with Gasteiger partial charge in [0.15, 0.2) is 5.13 Å². The molecule has 0 N–H and O–H groups in total. The van der Waals surface area contributed by atoms with Gasteiger partial charge in [0.1, 0.15) is 17.2 Å². The molecule has 1 aliphatic heterocycles. The molecule has 0 atom stereocenters. The average molecular weight is 446 g/mol. The number of pyridine rings is 1. The molecule has 0 unspecified atom stereocenters. The van der Waals surface area contributed by atoms with Gasteiger partial charge in [-0.25, -0.2) is 19.6 Å². The number of thiazole rings is 1. The number of methoxy groups -OCH3 is 1. The molecule has 5 heterocycles. The van der Waals surface area contributed by atoms with E-state index in [4.69, 9.17) is 19.8 Å². The topological polar surface area (TPSA) is 73.9 Å².